The average molecular weight is 195 g/mol. The summed E-state index contributed by atoms with van der Waals surface area (Å²) in [6.45, 7) is 0. The number of fused-ring (bicyclic) bond motifs is 1. The number of ether oxygens (including phenoxy) is 1. The van der Waals surface area contributed by atoms with Gasteiger partial charge in [0.15, 0.2) is 12.0 Å². The second-order valence-electron chi connectivity index (χ2n) is 3.25. The van der Waals surface area contributed by atoms with Crippen LogP contribution >= 0.6 is 0 Å². The highest BCUT2D eigenvalue weighted by Gasteiger charge is 2.24. The molecule has 0 amide bonds. The Hall–Kier alpha value is -1.10. The minimum absolute atomic E-state index is 0.279. The SMILES string of the molecule is COC1Cc2ccccc2ONC1O. The van der Waals surface area contributed by atoms with Crippen LogP contribution in [0.15, 0.2) is 24.3 Å². The summed E-state index contributed by atoms with van der Waals surface area (Å²) in [4.78, 5) is 5.21. The zero-order chi connectivity index (χ0) is 9.97. The topological polar surface area (TPSA) is 50.7 Å². The molecule has 0 bridgehead atoms. The number of methoxy groups -OCH3 is 1. The van der Waals surface area contributed by atoms with Crippen molar-refractivity contribution in [2.45, 2.75) is 18.8 Å². The van der Waals surface area contributed by atoms with Crippen LogP contribution in [-0.2, 0) is 11.2 Å². The maximum absolute atomic E-state index is 9.56. The summed E-state index contributed by atoms with van der Waals surface area (Å²) >= 11 is 0. The number of hydroxylamine groups is 1. The van der Waals surface area contributed by atoms with Gasteiger partial charge in [-0.25, -0.2) is 0 Å². The molecule has 14 heavy (non-hydrogen) atoms. The first-order valence-electron chi connectivity index (χ1n) is 4.52. The van der Waals surface area contributed by atoms with Crippen molar-refractivity contribution in [3.8, 4) is 5.75 Å². The van der Waals surface area contributed by atoms with Gasteiger partial charge < -0.3 is 14.7 Å². The van der Waals surface area contributed by atoms with Crippen LogP contribution in [0.3, 0.4) is 0 Å². The molecule has 0 saturated carbocycles. The molecule has 2 rings (SSSR count). The van der Waals surface area contributed by atoms with Crippen LogP contribution in [0.5, 0.6) is 5.75 Å². The minimum Gasteiger partial charge on any atom is -0.406 e. The molecule has 2 N–H and O–H groups in total. The number of benzene rings is 1. The summed E-state index contributed by atoms with van der Waals surface area (Å²) in [7, 11) is 1.57. The zero-order valence-corrected chi connectivity index (χ0v) is 7.93. The molecule has 1 aromatic carbocycles. The first-order chi connectivity index (χ1) is 6.81. The summed E-state index contributed by atoms with van der Waals surface area (Å²) in [6.07, 6.45) is -0.438. The van der Waals surface area contributed by atoms with Gasteiger partial charge in [-0.05, 0) is 11.6 Å². The molecule has 1 aliphatic rings. The molecule has 1 aliphatic heterocycles. The lowest BCUT2D eigenvalue weighted by Crippen LogP contribution is -2.41. The van der Waals surface area contributed by atoms with Gasteiger partial charge in [-0.3, -0.25) is 0 Å². The van der Waals surface area contributed by atoms with Gasteiger partial charge in [0.2, 0.25) is 0 Å². The predicted molar refractivity (Wildman–Crippen MR) is 50.7 cm³/mol. The third-order valence-corrected chi connectivity index (χ3v) is 2.34. The van der Waals surface area contributed by atoms with Crippen molar-refractivity contribution >= 4 is 0 Å². The van der Waals surface area contributed by atoms with E-state index in [-0.39, 0.29) is 6.10 Å². The number of hydrogen-bond acceptors (Lipinski definition) is 4. The van der Waals surface area contributed by atoms with Gasteiger partial charge in [0.05, 0.1) is 0 Å². The van der Waals surface area contributed by atoms with E-state index in [0.29, 0.717) is 6.42 Å². The molecular formula is C10H13NO3. The lowest BCUT2D eigenvalue weighted by Gasteiger charge is -2.17. The van der Waals surface area contributed by atoms with Crippen LogP contribution in [0.4, 0.5) is 0 Å². The third kappa shape index (κ3) is 1.72. The van der Waals surface area contributed by atoms with Crippen molar-refractivity contribution < 1.29 is 14.7 Å². The van der Waals surface area contributed by atoms with Crippen molar-refractivity contribution in [3.05, 3.63) is 29.8 Å². The first-order valence-corrected chi connectivity index (χ1v) is 4.52. The van der Waals surface area contributed by atoms with Crippen LogP contribution in [0, 0.1) is 0 Å². The van der Waals surface area contributed by atoms with Gasteiger partial charge in [0, 0.05) is 13.5 Å². The maximum Gasteiger partial charge on any atom is 0.163 e. The van der Waals surface area contributed by atoms with Gasteiger partial charge >= 0.3 is 0 Å². The molecule has 0 aromatic heterocycles. The third-order valence-electron chi connectivity index (χ3n) is 2.34. The van der Waals surface area contributed by atoms with E-state index in [0.717, 1.165) is 11.3 Å². The summed E-state index contributed by atoms with van der Waals surface area (Å²) in [5.41, 5.74) is 3.56. The lowest BCUT2D eigenvalue weighted by molar-refractivity contribution is -0.0699. The van der Waals surface area contributed by atoms with E-state index in [4.69, 9.17) is 9.57 Å². The molecule has 1 heterocycles. The number of hydrogen-bond donors (Lipinski definition) is 2. The number of aliphatic hydroxyl groups excluding tert-OH is 1. The van der Waals surface area contributed by atoms with Gasteiger partial charge in [-0.1, -0.05) is 18.2 Å². The molecule has 0 spiro atoms. The van der Waals surface area contributed by atoms with E-state index in [2.05, 4.69) is 5.48 Å². The van der Waals surface area contributed by atoms with Crippen LogP contribution in [0.25, 0.3) is 0 Å². The van der Waals surface area contributed by atoms with Crippen LogP contribution in [0.2, 0.25) is 0 Å². The fraction of sp³-hybridized carbons (Fsp3) is 0.400. The molecule has 4 heteroatoms. The lowest BCUT2D eigenvalue weighted by atomic mass is 10.1. The van der Waals surface area contributed by atoms with E-state index >= 15 is 0 Å². The second-order valence-corrected chi connectivity index (χ2v) is 3.25. The summed E-state index contributed by atoms with van der Waals surface area (Å²) in [5.74, 6) is 0.742. The van der Waals surface area contributed by atoms with Crippen molar-refractivity contribution in [1.29, 1.82) is 0 Å². The molecule has 0 fully saturated rings. The molecule has 0 aliphatic carbocycles. The zero-order valence-electron chi connectivity index (χ0n) is 7.93. The van der Waals surface area contributed by atoms with Crippen LogP contribution in [-0.4, -0.2) is 24.5 Å². The quantitative estimate of drug-likeness (QED) is 0.683. The van der Waals surface area contributed by atoms with Gasteiger partial charge in [-0.2, -0.15) is 0 Å². The molecule has 1 aromatic rings. The van der Waals surface area contributed by atoms with Crippen molar-refractivity contribution in [1.82, 2.24) is 5.48 Å². The summed E-state index contributed by atoms with van der Waals surface area (Å²) in [6, 6.07) is 7.64. The highest BCUT2D eigenvalue weighted by atomic mass is 16.7. The molecule has 2 atom stereocenters. The normalized spacial score (nSPS) is 26.1. The van der Waals surface area contributed by atoms with Gasteiger partial charge in [0.25, 0.3) is 0 Å². The Morgan fingerprint density at radius 2 is 2.29 bits per heavy atom. The van der Waals surface area contributed by atoms with Gasteiger partial charge in [-0.15, -0.1) is 5.48 Å². The van der Waals surface area contributed by atoms with Crippen LogP contribution in [0.1, 0.15) is 5.56 Å². The highest BCUT2D eigenvalue weighted by Crippen LogP contribution is 2.22. The molecule has 2 unspecified atom stereocenters. The van der Waals surface area contributed by atoms with Crippen molar-refractivity contribution in [2.75, 3.05) is 7.11 Å². The summed E-state index contributed by atoms with van der Waals surface area (Å²) in [5, 5.41) is 9.56. The Labute approximate surface area is 82.4 Å². The van der Waals surface area contributed by atoms with Crippen molar-refractivity contribution in [3.63, 3.8) is 0 Å². The molecule has 4 nitrogen and oxygen atoms in total. The standard InChI is InChI=1S/C10H13NO3/c1-13-9-6-7-4-2-3-5-8(7)14-11-10(9)12/h2-5,9-12H,6H2,1H3. The van der Waals surface area contributed by atoms with E-state index < -0.39 is 6.23 Å². The average Bonchev–Trinajstić information content (AvgIpc) is 2.38. The predicted octanol–water partition coefficient (Wildman–Crippen LogP) is 0.460. The number of aliphatic hydroxyl groups is 1. The van der Waals surface area contributed by atoms with E-state index in [9.17, 15) is 5.11 Å². The fourth-order valence-corrected chi connectivity index (χ4v) is 1.51. The monoisotopic (exact) mass is 195 g/mol. The highest BCUT2D eigenvalue weighted by molar-refractivity contribution is 5.34. The van der Waals surface area contributed by atoms with E-state index in [1.807, 2.05) is 24.3 Å². The number of rotatable bonds is 1. The summed E-state index contributed by atoms with van der Waals surface area (Å²) < 4.78 is 5.15. The Morgan fingerprint density at radius 1 is 1.50 bits per heavy atom. The van der Waals surface area contributed by atoms with Crippen LogP contribution < -0.4 is 10.3 Å². The van der Waals surface area contributed by atoms with Crippen molar-refractivity contribution in [2.24, 2.45) is 0 Å². The number of para-hydroxylation sites is 1. The molecular weight excluding hydrogens is 182 g/mol. The Morgan fingerprint density at radius 3 is 3.07 bits per heavy atom. The second kappa shape index (κ2) is 3.96. The Kier molecular flexibility index (Phi) is 2.67. The largest absolute Gasteiger partial charge is 0.406 e. The maximum atomic E-state index is 9.56. The van der Waals surface area contributed by atoms with Gasteiger partial charge in [0.1, 0.15) is 6.10 Å². The number of nitrogens with one attached hydrogen (secondary N) is 1. The minimum atomic E-state index is -0.799. The first kappa shape index (κ1) is 9.45. The van der Waals surface area contributed by atoms with E-state index in [1.54, 1.807) is 7.11 Å². The fourth-order valence-electron chi connectivity index (χ4n) is 1.51. The molecule has 76 valence electrons. The molecule has 0 saturated heterocycles. The molecule has 0 radical (unpaired) electrons. The Bertz CT molecular complexity index is 316. The van der Waals surface area contributed by atoms with E-state index in [1.165, 1.54) is 0 Å². The smallest absolute Gasteiger partial charge is 0.163 e. The Balaban J connectivity index is 2.26.